The summed E-state index contributed by atoms with van der Waals surface area (Å²) in [6.45, 7) is 9.75. The van der Waals surface area contributed by atoms with Gasteiger partial charge in [0.05, 0.1) is 0 Å². The zero-order chi connectivity index (χ0) is 12.8. The van der Waals surface area contributed by atoms with E-state index in [1.54, 1.807) is 0 Å². The van der Waals surface area contributed by atoms with E-state index in [2.05, 4.69) is 27.7 Å². The highest BCUT2D eigenvalue weighted by Gasteiger charge is 2.30. The standard InChI is InChI=1S/C17H34/c1-5-7-11-17(4)14-8-12-16(3,10-6-2)13-9-15-17/h5-15H2,1-4H3. The Morgan fingerprint density at radius 1 is 0.706 bits per heavy atom. The molecule has 1 aliphatic rings. The average molecular weight is 238 g/mol. The van der Waals surface area contributed by atoms with Crippen molar-refractivity contribution >= 4 is 0 Å². The van der Waals surface area contributed by atoms with Crippen LogP contribution in [0.2, 0.25) is 0 Å². The van der Waals surface area contributed by atoms with E-state index in [0.717, 1.165) is 0 Å². The van der Waals surface area contributed by atoms with Crippen LogP contribution in [0.5, 0.6) is 0 Å². The highest BCUT2D eigenvalue weighted by atomic mass is 14.4. The van der Waals surface area contributed by atoms with Crippen LogP contribution in [0.1, 0.15) is 98.3 Å². The van der Waals surface area contributed by atoms with Crippen molar-refractivity contribution in [2.24, 2.45) is 10.8 Å². The first-order chi connectivity index (χ1) is 8.04. The molecule has 1 saturated carbocycles. The fraction of sp³-hybridized carbons (Fsp3) is 1.00. The lowest BCUT2D eigenvalue weighted by Gasteiger charge is -2.38. The molecular formula is C17H34. The molecule has 0 aromatic heterocycles. The normalized spacial score (nSPS) is 35.3. The van der Waals surface area contributed by atoms with Crippen LogP contribution in [0.3, 0.4) is 0 Å². The fourth-order valence-corrected chi connectivity index (χ4v) is 3.84. The number of hydrogen-bond donors (Lipinski definition) is 0. The maximum atomic E-state index is 2.55. The smallest absolute Gasteiger partial charge is 0.0326 e. The highest BCUT2D eigenvalue weighted by molar-refractivity contribution is 4.83. The molecule has 0 aromatic carbocycles. The van der Waals surface area contributed by atoms with Crippen LogP contribution in [0.4, 0.5) is 0 Å². The van der Waals surface area contributed by atoms with Gasteiger partial charge >= 0.3 is 0 Å². The molecule has 1 rings (SSSR count). The van der Waals surface area contributed by atoms with Crippen molar-refractivity contribution in [3.63, 3.8) is 0 Å². The zero-order valence-electron chi connectivity index (χ0n) is 12.8. The Bertz CT molecular complexity index is 194. The van der Waals surface area contributed by atoms with Crippen molar-refractivity contribution in [2.45, 2.75) is 98.3 Å². The molecule has 0 heterocycles. The summed E-state index contributed by atoms with van der Waals surface area (Å²) in [5.74, 6) is 0. The molecule has 1 fully saturated rings. The van der Waals surface area contributed by atoms with Crippen molar-refractivity contribution in [3.8, 4) is 0 Å². The molecule has 0 amide bonds. The molecule has 0 heteroatoms. The molecule has 0 N–H and O–H groups in total. The van der Waals surface area contributed by atoms with Crippen LogP contribution >= 0.6 is 0 Å². The third kappa shape index (κ3) is 5.02. The third-order valence-electron chi connectivity index (χ3n) is 5.11. The second-order valence-electron chi connectivity index (χ2n) is 7.18. The van der Waals surface area contributed by atoms with Gasteiger partial charge in [0.2, 0.25) is 0 Å². The highest BCUT2D eigenvalue weighted by Crippen LogP contribution is 2.44. The largest absolute Gasteiger partial charge is 0.0654 e. The van der Waals surface area contributed by atoms with Gasteiger partial charge in [-0.3, -0.25) is 0 Å². The van der Waals surface area contributed by atoms with Gasteiger partial charge in [-0.1, -0.05) is 59.8 Å². The van der Waals surface area contributed by atoms with Gasteiger partial charge in [0.1, 0.15) is 0 Å². The Morgan fingerprint density at radius 2 is 1.18 bits per heavy atom. The van der Waals surface area contributed by atoms with E-state index >= 15 is 0 Å². The molecular weight excluding hydrogens is 204 g/mol. The van der Waals surface area contributed by atoms with Gasteiger partial charge in [0.15, 0.2) is 0 Å². The summed E-state index contributed by atoms with van der Waals surface area (Å²) in [6, 6.07) is 0. The Balaban J connectivity index is 2.45. The van der Waals surface area contributed by atoms with E-state index in [9.17, 15) is 0 Å². The zero-order valence-corrected chi connectivity index (χ0v) is 12.8. The van der Waals surface area contributed by atoms with Crippen molar-refractivity contribution in [2.75, 3.05) is 0 Å². The van der Waals surface area contributed by atoms with E-state index < -0.39 is 0 Å². The summed E-state index contributed by atoms with van der Waals surface area (Å²) in [7, 11) is 0. The second kappa shape index (κ2) is 6.81. The molecule has 0 saturated heterocycles. The molecule has 0 bridgehead atoms. The van der Waals surface area contributed by atoms with Gasteiger partial charge in [-0.25, -0.2) is 0 Å². The summed E-state index contributed by atoms with van der Waals surface area (Å²) in [5, 5.41) is 0. The topological polar surface area (TPSA) is 0 Å². The van der Waals surface area contributed by atoms with Crippen molar-refractivity contribution in [1.29, 1.82) is 0 Å². The number of hydrogen-bond acceptors (Lipinski definition) is 0. The molecule has 0 spiro atoms. The number of rotatable bonds is 5. The lowest BCUT2D eigenvalue weighted by atomic mass is 9.68. The van der Waals surface area contributed by atoms with Crippen molar-refractivity contribution < 1.29 is 0 Å². The Hall–Kier alpha value is 0. The molecule has 1 aliphatic carbocycles. The maximum Gasteiger partial charge on any atom is -0.0326 e. The second-order valence-corrected chi connectivity index (χ2v) is 7.18. The van der Waals surface area contributed by atoms with Crippen LogP contribution in [-0.4, -0.2) is 0 Å². The van der Waals surface area contributed by atoms with Crippen LogP contribution < -0.4 is 0 Å². The summed E-state index contributed by atoms with van der Waals surface area (Å²) < 4.78 is 0. The van der Waals surface area contributed by atoms with Crippen molar-refractivity contribution in [1.82, 2.24) is 0 Å². The summed E-state index contributed by atoms with van der Waals surface area (Å²) in [5.41, 5.74) is 1.34. The minimum Gasteiger partial charge on any atom is -0.0654 e. The maximum absolute atomic E-state index is 2.55. The Morgan fingerprint density at radius 3 is 1.59 bits per heavy atom. The molecule has 0 unspecified atom stereocenters. The lowest BCUT2D eigenvalue weighted by molar-refractivity contribution is 0.144. The van der Waals surface area contributed by atoms with Gasteiger partial charge in [-0.2, -0.15) is 0 Å². The van der Waals surface area contributed by atoms with Crippen LogP contribution in [0.15, 0.2) is 0 Å². The molecule has 17 heavy (non-hydrogen) atoms. The molecule has 0 aromatic rings. The minimum absolute atomic E-state index is 0.667. The average Bonchev–Trinajstić information content (AvgIpc) is 2.25. The molecule has 0 atom stereocenters. The first-order valence-electron chi connectivity index (χ1n) is 8.04. The first kappa shape index (κ1) is 15.1. The van der Waals surface area contributed by atoms with Crippen LogP contribution in [0, 0.1) is 10.8 Å². The molecule has 102 valence electrons. The summed E-state index contributed by atoms with van der Waals surface area (Å²) in [4.78, 5) is 0. The van der Waals surface area contributed by atoms with Gasteiger partial charge in [0.25, 0.3) is 0 Å². The van der Waals surface area contributed by atoms with Gasteiger partial charge in [-0.05, 0) is 49.4 Å². The predicted molar refractivity (Wildman–Crippen MR) is 78.3 cm³/mol. The quantitative estimate of drug-likeness (QED) is 0.524. The van der Waals surface area contributed by atoms with E-state index in [4.69, 9.17) is 0 Å². The monoisotopic (exact) mass is 238 g/mol. The van der Waals surface area contributed by atoms with E-state index in [1.807, 2.05) is 0 Å². The van der Waals surface area contributed by atoms with Crippen LogP contribution in [0.25, 0.3) is 0 Å². The Kier molecular flexibility index (Phi) is 6.03. The molecule has 0 aliphatic heterocycles. The van der Waals surface area contributed by atoms with E-state index in [-0.39, 0.29) is 0 Å². The van der Waals surface area contributed by atoms with Gasteiger partial charge < -0.3 is 0 Å². The number of unbranched alkanes of at least 4 members (excludes halogenated alkanes) is 1. The van der Waals surface area contributed by atoms with Crippen molar-refractivity contribution in [3.05, 3.63) is 0 Å². The van der Waals surface area contributed by atoms with Gasteiger partial charge in [0, 0.05) is 0 Å². The third-order valence-corrected chi connectivity index (χ3v) is 5.11. The lowest BCUT2D eigenvalue weighted by Crippen LogP contribution is -2.24. The minimum atomic E-state index is 0.667. The summed E-state index contributed by atoms with van der Waals surface area (Å²) >= 11 is 0. The molecule has 0 radical (unpaired) electrons. The summed E-state index contributed by atoms with van der Waals surface area (Å²) in [6.07, 6.45) is 15.9. The first-order valence-corrected chi connectivity index (χ1v) is 8.04. The predicted octanol–water partition coefficient (Wildman–Crippen LogP) is 6.34. The van der Waals surface area contributed by atoms with E-state index in [1.165, 1.54) is 70.6 Å². The Labute approximate surface area is 110 Å². The SMILES string of the molecule is CCCCC1(C)CCCC(C)(CCC)CCC1. The van der Waals surface area contributed by atoms with Gasteiger partial charge in [-0.15, -0.1) is 0 Å². The molecule has 0 nitrogen and oxygen atoms in total. The van der Waals surface area contributed by atoms with E-state index in [0.29, 0.717) is 10.8 Å². The fourth-order valence-electron chi connectivity index (χ4n) is 3.84. The van der Waals surface area contributed by atoms with Crippen LogP contribution in [-0.2, 0) is 0 Å².